The first kappa shape index (κ1) is 15.0. The van der Waals surface area contributed by atoms with E-state index >= 15 is 0 Å². The van der Waals surface area contributed by atoms with E-state index in [2.05, 4.69) is 10.4 Å². The molecule has 2 bridgehead atoms. The number of hydrogen-bond acceptors (Lipinski definition) is 4. The van der Waals surface area contributed by atoms with E-state index < -0.39 is 4.92 Å². The predicted molar refractivity (Wildman–Crippen MR) is 80.2 cm³/mol. The maximum absolute atomic E-state index is 12.0. The van der Waals surface area contributed by atoms with Crippen molar-refractivity contribution in [1.82, 2.24) is 15.1 Å². The SMILES string of the molecule is Cc1cc([N+](=O)[O-])nn1CCNC(=O)CC1CC2CCC1C2. The Bertz CT molecular complexity index is 583. The maximum Gasteiger partial charge on any atom is 0.390 e. The largest absolute Gasteiger partial charge is 0.390 e. The Morgan fingerprint density at radius 3 is 2.91 bits per heavy atom. The second-order valence-electron chi connectivity index (χ2n) is 6.61. The lowest BCUT2D eigenvalue weighted by atomic mass is 9.86. The number of hydrogen-bond donors (Lipinski definition) is 1. The van der Waals surface area contributed by atoms with Gasteiger partial charge in [0, 0.05) is 13.0 Å². The van der Waals surface area contributed by atoms with E-state index in [4.69, 9.17) is 0 Å². The van der Waals surface area contributed by atoms with Crippen molar-refractivity contribution < 1.29 is 9.72 Å². The Hall–Kier alpha value is -1.92. The van der Waals surface area contributed by atoms with E-state index in [-0.39, 0.29) is 11.7 Å². The van der Waals surface area contributed by atoms with E-state index in [9.17, 15) is 14.9 Å². The van der Waals surface area contributed by atoms with Crippen molar-refractivity contribution in [3.05, 3.63) is 21.9 Å². The topological polar surface area (TPSA) is 90.1 Å². The zero-order valence-electron chi connectivity index (χ0n) is 12.8. The lowest BCUT2D eigenvalue weighted by molar-refractivity contribution is -0.389. The predicted octanol–water partition coefficient (Wildman–Crippen LogP) is 2.04. The molecule has 3 atom stereocenters. The van der Waals surface area contributed by atoms with Crippen molar-refractivity contribution >= 4 is 11.7 Å². The highest BCUT2D eigenvalue weighted by Gasteiger charge is 2.39. The van der Waals surface area contributed by atoms with Crippen LogP contribution >= 0.6 is 0 Å². The molecule has 7 heteroatoms. The zero-order valence-corrected chi connectivity index (χ0v) is 12.8. The third-order valence-electron chi connectivity index (χ3n) is 5.13. The number of aryl methyl sites for hydroxylation is 1. The summed E-state index contributed by atoms with van der Waals surface area (Å²) in [5, 5.41) is 17.5. The van der Waals surface area contributed by atoms with Gasteiger partial charge >= 0.3 is 5.82 Å². The summed E-state index contributed by atoms with van der Waals surface area (Å²) < 4.78 is 1.57. The van der Waals surface area contributed by atoms with Crippen LogP contribution in [0.2, 0.25) is 0 Å². The fraction of sp³-hybridized carbons (Fsp3) is 0.733. The average molecular weight is 306 g/mol. The van der Waals surface area contributed by atoms with Gasteiger partial charge < -0.3 is 15.4 Å². The van der Waals surface area contributed by atoms with Crippen LogP contribution in [0.1, 0.15) is 37.8 Å². The van der Waals surface area contributed by atoms with Gasteiger partial charge in [0.25, 0.3) is 0 Å². The summed E-state index contributed by atoms with van der Waals surface area (Å²) in [6.45, 7) is 2.69. The minimum absolute atomic E-state index is 0.0943. The second-order valence-corrected chi connectivity index (χ2v) is 6.61. The van der Waals surface area contributed by atoms with Gasteiger partial charge in [-0.05, 0) is 48.9 Å². The molecule has 0 aromatic carbocycles. The van der Waals surface area contributed by atoms with E-state index in [1.54, 1.807) is 11.6 Å². The van der Waals surface area contributed by atoms with Gasteiger partial charge in [0.05, 0.1) is 23.4 Å². The first-order chi connectivity index (χ1) is 10.5. The van der Waals surface area contributed by atoms with Crippen molar-refractivity contribution in [1.29, 1.82) is 0 Å². The summed E-state index contributed by atoms with van der Waals surface area (Å²) in [5.74, 6) is 2.12. The molecule has 2 aliphatic rings. The van der Waals surface area contributed by atoms with E-state index in [0.717, 1.165) is 17.5 Å². The number of nitro groups is 1. The molecule has 1 aromatic heterocycles. The van der Waals surface area contributed by atoms with Crippen LogP contribution in [0.25, 0.3) is 0 Å². The summed E-state index contributed by atoms with van der Waals surface area (Å²) in [4.78, 5) is 22.2. The molecule has 22 heavy (non-hydrogen) atoms. The van der Waals surface area contributed by atoms with E-state index in [0.29, 0.717) is 25.4 Å². The molecule has 2 saturated carbocycles. The number of carbonyl (C=O) groups is 1. The van der Waals surface area contributed by atoms with Gasteiger partial charge in [-0.2, -0.15) is 4.68 Å². The molecule has 1 aromatic rings. The number of carbonyl (C=O) groups excluding carboxylic acids is 1. The quantitative estimate of drug-likeness (QED) is 0.643. The zero-order chi connectivity index (χ0) is 15.7. The van der Waals surface area contributed by atoms with Crippen molar-refractivity contribution in [3.63, 3.8) is 0 Å². The Kier molecular flexibility index (Phi) is 4.13. The van der Waals surface area contributed by atoms with Crippen molar-refractivity contribution in [3.8, 4) is 0 Å². The normalized spacial score (nSPS) is 26.3. The molecule has 2 fully saturated rings. The van der Waals surface area contributed by atoms with Crippen molar-refractivity contribution in [2.24, 2.45) is 17.8 Å². The van der Waals surface area contributed by atoms with Crippen molar-refractivity contribution in [2.45, 2.75) is 45.6 Å². The molecule has 0 aliphatic heterocycles. The van der Waals surface area contributed by atoms with Gasteiger partial charge in [-0.1, -0.05) is 6.42 Å². The number of amides is 1. The standard InChI is InChI=1S/C15H22N4O3/c1-10-6-14(19(21)22)17-18(10)5-4-16-15(20)9-13-8-11-2-3-12(13)7-11/h6,11-13H,2-5,7-9H2,1H3,(H,16,20). The summed E-state index contributed by atoms with van der Waals surface area (Å²) in [6.07, 6.45) is 5.79. The highest BCUT2D eigenvalue weighted by Crippen LogP contribution is 2.49. The summed E-state index contributed by atoms with van der Waals surface area (Å²) in [7, 11) is 0. The van der Waals surface area contributed by atoms with E-state index in [1.807, 2.05) is 0 Å². The molecule has 3 rings (SSSR count). The first-order valence-corrected chi connectivity index (χ1v) is 7.98. The van der Waals surface area contributed by atoms with Gasteiger partial charge in [-0.25, -0.2) is 0 Å². The van der Waals surface area contributed by atoms with Gasteiger partial charge in [0.15, 0.2) is 0 Å². The average Bonchev–Trinajstić information content (AvgIpc) is 3.15. The molecule has 3 unspecified atom stereocenters. The van der Waals surface area contributed by atoms with Crippen LogP contribution in [0.5, 0.6) is 0 Å². The molecule has 0 radical (unpaired) electrons. The lowest BCUT2D eigenvalue weighted by Crippen LogP contribution is -2.30. The smallest absolute Gasteiger partial charge is 0.358 e. The third kappa shape index (κ3) is 3.13. The molecule has 7 nitrogen and oxygen atoms in total. The number of nitrogens with one attached hydrogen (secondary N) is 1. The van der Waals surface area contributed by atoms with Gasteiger partial charge in [0.2, 0.25) is 5.91 Å². The number of nitrogens with zero attached hydrogens (tertiary/aromatic N) is 3. The summed E-state index contributed by atoms with van der Waals surface area (Å²) in [5.41, 5.74) is 0.731. The molecular formula is C15H22N4O3. The Morgan fingerprint density at radius 1 is 1.50 bits per heavy atom. The highest BCUT2D eigenvalue weighted by molar-refractivity contribution is 5.76. The van der Waals surface area contributed by atoms with Crippen LogP contribution in [0.4, 0.5) is 5.82 Å². The number of rotatable bonds is 6. The third-order valence-corrected chi connectivity index (χ3v) is 5.13. The fourth-order valence-electron chi connectivity index (χ4n) is 4.05. The van der Waals surface area contributed by atoms with Crippen molar-refractivity contribution in [2.75, 3.05) is 6.54 Å². The minimum Gasteiger partial charge on any atom is -0.358 e. The van der Waals surface area contributed by atoms with Crippen LogP contribution in [0.3, 0.4) is 0 Å². The monoisotopic (exact) mass is 306 g/mol. The molecule has 1 N–H and O–H groups in total. The van der Waals surface area contributed by atoms with Gasteiger partial charge in [-0.3, -0.25) is 4.79 Å². The maximum atomic E-state index is 12.0. The summed E-state index contributed by atoms with van der Waals surface area (Å²) in [6, 6.07) is 1.44. The Morgan fingerprint density at radius 2 is 2.32 bits per heavy atom. The Labute approximate surface area is 129 Å². The van der Waals surface area contributed by atoms with Crippen LogP contribution in [0.15, 0.2) is 6.07 Å². The molecular weight excluding hydrogens is 284 g/mol. The Balaban J connectivity index is 1.43. The van der Waals surface area contributed by atoms with Gasteiger partial charge in [0.1, 0.15) is 0 Å². The molecule has 120 valence electrons. The second kappa shape index (κ2) is 6.06. The summed E-state index contributed by atoms with van der Waals surface area (Å²) >= 11 is 0. The lowest BCUT2D eigenvalue weighted by Gasteiger charge is -2.20. The molecule has 1 heterocycles. The fourth-order valence-corrected chi connectivity index (χ4v) is 4.05. The number of fused-ring (bicyclic) bond motifs is 2. The van der Waals surface area contributed by atoms with Crippen LogP contribution in [-0.4, -0.2) is 27.2 Å². The highest BCUT2D eigenvalue weighted by atomic mass is 16.6. The molecule has 0 spiro atoms. The van der Waals surface area contributed by atoms with E-state index in [1.165, 1.54) is 31.7 Å². The van der Waals surface area contributed by atoms with Crippen LogP contribution < -0.4 is 5.32 Å². The number of aromatic nitrogens is 2. The first-order valence-electron chi connectivity index (χ1n) is 7.98. The van der Waals surface area contributed by atoms with Crippen LogP contribution in [-0.2, 0) is 11.3 Å². The van der Waals surface area contributed by atoms with Crippen LogP contribution in [0, 0.1) is 34.8 Å². The molecule has 2 aliphatic carbocycles. The molecule has 0 saturated heterocycles. The molecule has 1 amide bonds. The van der Waals surface area contributed by atoms with Gasteiger partial charge in [-0.15, -0.1) is 0 Å². The minimum atomic E-state index is -0.503.